The fourth-order valence-corrected chi connectivity index (χ4v) is 1.09. The molecule has 0 aliphatic heterocycles. The van der Waals surface area contributed by atoms with Gasteiger partial charge in [-0.1, -0.05) is 0 Å². The third-order valence-corrected chi connectivity index (χ3v) is 1.76. The van der Waals surface area contributed by atoms with Crippen molar-refractivity contribution in [3.8, 4) is 17.0 Å². The van der Waals surface area contributed by atoms with Gasteiger partial charge < -0.3 is 15.3 Å². The Morgan fingerprint density at radius 1 is 1.43 bits per heavy atom. The van der Waals surface area contributed by atoms with Gasteiger partial charge in [-0.2, -0.15) is 4.98 Å². The summed E-state index contributed by atoms with van der Waals surface area (Å²) in [7, 11) is 0. The SMILES string of the molecule is Nc1nc(-c2ccc(F)c(O)c2)co1. The molecule has 0 aliphatic carbocycles. The van der Waals surface area contributed by atoms with E-state index in [0.29, 0.717) is 11.3 Å². The standard InChI is InChI=1S/C9H7FN2O2/c10-6-2-1-5(3-8(6)13)7-4-14-9(11)12-7/h1-4,13H,(H2,11,12). The van der Waals surface area contributed by atoms with Crippen LogP contribution in [0.1, 0.15) is 0 Å². The van der Waals surface area contributed by atoms with Crippen LogP contribution in [0.5, 0.6) is 5.75 Å². The fraction of sp³-hybridized carbons (Fsp3) is 0. The first-order valence-corrected chi connectivity index (χ1v) is 3.87. The highest BCUT2D eigenvalue weighted by Gasteiger charge is 2.06. The number of phenols is 1. The lowest BCUT2D eigenvalue weighted by Gasteiger charge is -1.97. The van der Waals surface area contributed by atoms with Crippen molar-refractivity contribution in [3.05, 3.63) is 30.3 Å². The molecule has 14 heavy (non-hydrogen) atoms. The molecule has 0 fully saturated rings. The highest BCUT2D eigenvalue weighted by Crippen LogP contribution is 2.25. The minimum atomic E-state index is -0.676. The maximum Gasteiger partial charge on any atom is 0.292 e. The lowest BCUT2D eigenvalue weighted by molar-refractivity contribution is 0.432. The number of benzene rings is 1. The van der Waals surface area contributed by atoms with Crippen LogP contribution in [0.25, 0.3) is 11.3 Å². The molecule has 72 valence electrons. The summed E-state index contributed by atoms with van der Waals surface area (Å²) in [5, 5.41) is 9.10. The number of aromatic hydroxyl groups is 1. The van der Waals surface area contributed by atoms with E-state index >= 15 is 0 Å². The largest absolute Gasteiger partial charge is 0.505 e. The zero-order chi connectivity index (χ0) is 10.1. The number of halogens is 1. The molecular formula is C9H7FN2O2. The highest BCUT2D eigenvalue weighted by atomic mass is 19.1. The Kier molecular flexibility index (Phi) is 1.85. The van der Waals surface area contributed by atoms with Crippen LogP contribution in [-0.2, 0) is 0 Å². The summed E-state index contributed by atoms with van der Waals surface area (Å²) in [5.74, 6) is -1.10. The zero-order valence-electron chi connectivity index (χ0n) is 7.07. The average Bonchev–Trinajstić information content (AvgIpc) is 2.57. The van der Waals surface area contributed by atoms with E-state index in [9.17, 15) is 4.39 Å². The molecular weight excluding hydrogens is 187 g/mol. The Morgan fingerprint density at radius 2 is 2.21 bits per heavy atom. The van der Waals surface area contributed by atoms with E-state index in [1.807, 2.05) is 0 Å². The number of phenolic OH excluding ortho intramolecular Hbond substituents is 1. The van der Waals surface area contributed by atoms with Crippen LogP contribution in [-0.4, -0.2) is 10.1 Å². The summed E-state index contributed by atoms with van der Waals surface area (Å²) in [4.78, 5) is 3.83. The summed E-state index contributed by atoms with van der Waals surface area (Å²) in [6.45, 7) is 0. The number of aromatic nitrogens is 1. The molecule has 0 bridgehead atoms. The molecule has 0 atom stereocenters. The van der Waals surface area contributed by atoms with E-state index in [2.05, 4.69) is 4.98 Å². The molecule has 5 heteroatoms. The molecule has 0 radical (unpaired) electrons. The number of rotatable bonds is 1. The van der Waals surface area contributed by atoms with E-state index in [4.69, 9.17) is 15.3 Å². The molecule has 1 heterocycles. The minimum Gasteiger partial charge on any atom is -0.505 e. The fourth-order valence-electron chi connectivity index (χ4n) is 1.09. The Morgan fingerprint density at radius 3 is 2.79 bits per heavy atom. The molecule has 0 amide bonds. The van der Waals surface area contributed by atoms with Gasteiger partial charge in [0.2, 0.25) is 0 Å². The molecule has 2 aromatic rings. The predicted molar refractivity (Wildman–Crippen MR) is 48.0 cm³/mol. The second-order valence-electron chi connectivity index (χ2n) is 2.74. The Labute approximate surface area is 78.8 Å². The van der Waals surface area contributed by atoms with Crippen LogP contribution < -0.4 is 5.73 Å². The van der Waals surface area contributed by atoms with Crippen LogP contribution >= 0.6 is 0 Å². The summed E-state index contributed by atoms with van der Waals surface area (Å²) in [6, 6.07) is 3.91. The second-order valence-corrected chi connectivity index (χ2v) is 2.74. The minimum absolute atomic E-state index is 0.0313. The lowest BCUT2D eigenvalue weighted by Crippen LogP contribution is -1.84. The lowest BCUT2D eigenvalue weighted by atomic mass is 10.1. The van der Waals surface area contributed by atoms with Gasteiger partial charge in [-0.05, 0) is 18.2 Å². The van der Waals surface area contributed by atoms with Gasteiger partial charge in [0.1, 0.15) is 12.0 Å². The molecule has 0 aliphatic rings. The van der Waals surface area contributed by atoms with Gasteiger partial charge in [-0.3, -0.25) is 0 Å². The first-order chi connectivity index (χ1) is 6.66. The van der Waals surface area contributed by atoms with Crippen molar-refractivity contribution in [1.29, 1.82) is 0 Å². The van der Waals surface area contributed by atoms with E-state index in [1.54, 1.807) is 0 Å². The van der Waals surface area contributed by atoms with Crippen LogP contribution in [0.4, 0.5) is 10.4 Å². The van der Waals surface area contributed by atoms with Crippen molar-refractivity contribution >= 4 is 6.01 Å². The van der Waals surface area contributed by atoms with Crippen molar-refractivity contribution in [1.82, 2.24) is 4.98 Å². The van der Waals surface area contributed by atoms with Crippen molar-refractivity contribution in [3.63, 3.8) is 0 Å². The number of oxazole rings is 1. The van der Waals surface area contributed by atoms with Gasteiger partial charge in [-0.25, -0.2) is 4.39 Å². The smallest absolute Gasteiger partial charge is 0.292 e. The number of hydrogen-bond acceptors (Lipinski definition) is 4. The molecule has 1 aromatic heterocycles. The van der Waals surface area contributed by atoms with Gasteiger partial charge in [0.05, 0.1) is 0 Å². The molecule has 0 saturated heterocycles. The highest BCUT2D eigenvalue weighted by molar-refractivity contribution is 5.61. The van der Waals surface area contributed by atoms with Crippen LogP contribution in [0.15, 0.2) is 28.9 Å². The van der Waals surface area contributed by atoms with Gasteiger partial charge in [0, 0.05) is 5.56 Å². The van der Waals surface area contributed by atoms with E-state index < -0.39 is 11.6 Å². The maximum absolute atomic E-state index is 12.7. The Hall–Kier alpha value is -2.04. The maximum atomic E-state index is 12.7. The zero-order valence-corrected chi connectivity index (χ0v) is 7.07. The van der Waals surface area contributed by atoms with Crippen molar-refractivity contribution < 1.29 is 13.9 Å². The Balaban J connectivity index is 2.47. The topological polar surface area (TPSA) is 72.3 Å². The number of anilines is 1. The monoisotopic (exact) mass is 194 g/mol. The first-order valence-electron chi connectivity index (χ1n) is 3.87. The quantitative estimate of drug-likeness (QED) is 0.725. The van der Waals surface area contributed by atoms with Crippen LogP contribution in [0.3, 0.4) is 0 Å². The number of nitrogens with two attached hydrogens (primary N) is 1. The number of nitrogen functional groups attached to an aromatic ring is 1. The summed E-state index contributed by atoms with van der Waals surface area (Å²) >= 11 is 0. The van der Waals surface area contributed by atoms with Gasteiger partial charge >= 0.3 is 0 Å². The normalized spacial score (nSPS) is 10.4. The summed E-state index contributed by atoms with van der Waals surface area (Å²) < 4.78 is 17.5. The van der Waals surface area contributed by atoms with Gasteiger partial charge in [-0.15, -0.1) is 0 Å². The van der Waals surface area contributed by atoms with E-state index in [1.165, 1.54) is 18.4 Å². The van der Waals surface area contributed by atoms with Crippen molar-refractivity contribution in [2.45, 2.75) is 0 Å². The molecule has 0 spiro atoms. The van der Waals surface area contributed by atoms with Crippen LogP contribution in [0.2, 0.25) is 0 Å². The van der Waals surface area contributed by atoms with Crippen molar-refractivity contribution in [2.75, 3.05) is 5.73 Å². The third kappa shape index (κ3) is 1.39. The average molecular weight is 194 g/mol. The summed E-state index contributed by atoms with van der Waals surface area (Å²) in [5.41, 5.74) is 6.27. The molecule has 3 N–H and O–H groups in total. The Bertz CT molecular complexity index is 468. The third-order valence-electron chi connectivity index (χ3n) is 1.76. The number of hydrogen-bond donors (Lipinski definition) is 2. The van der Waals surface area contributed by atoms with Crippen molar-refractivity contribution in [2.24, 2.45) is 0 Å². The van der Waals surface area contributed by atoms with Crippen LogP contribution in [0, 0.1) is 5.82 Å². The molecule has 4 nitrogen and oxygen atoms in total. The molecule has 1 aromatic carbocycles. The van der Waals surface area contributed by atoms with E-state index in [-0.39, 0.29) is 6.01 Å². The summed E-state index contributed by atoms with van der Waals surface area (Å²) in [6.07, 6.45) is 1.34. The molecule has 0 saturated carbocycles. The molecule has 0 unspecified atom stereocenters. The van der Waals surface area contributed by atoms with E-state index in [0.717, 1.165) is 6.07 Å². The molecule has 2 rings (SSSR count). The van der Waals surface area contributed by atoms with Gasteiger partial charge in [0.15, 0.2) is 11.6 Å². The second kappa shape index (κ2) is 3.02. The van der Waals surface area contributed by atoms with Gasteiger partial charge in [0.25, 0.3) is 6.01 Å². The number of nitrogens with zero attached hydrogens (tertiary/aromatic N) is 1. The first kappa shape index (κ1) is 8.55. The predicted octanol–water partition coefficient (Wildman–Crippen LogP) is 1.77.